The number of allylic oxidation sites excluding steroid dienone is 1. The molecule has 7 rings (SSSR count). The van der Waals surface area contributed by atoms with Crippen molar-refractivity contribution in [2.24, 2.45) is 22.9 Å². The molecular weight excluding hydrogens is 885 g/mol. The van der Waals surface area contributed by atoms with Gasteiger partial charge in [0.25, 0.3) is 11.6 Å². The summed E-state index contributed by atoms with van der Waals surface area (Å²) in [6, 6.07) is 25.9. The number of nitriles is 1. The van der Waals surface area contributed by atoms with Crippen LogP contribution in [0.25, 0.3) is 0 Å². The third kappa shape index (κ3) is 11.6. The predicted molar refractivity (Wildman–Crippen MR) is 255 cm³/mol. The topological polar surface area (TPSA) is 224 Å². The summed E-state index contributed by atoms with van der Waals surface area (Å²) in [4.78, 5) is 45.6. The summed E-state index contributed by atoms with van der Waals surface area (Å²) in [5.74, 6) is -1.77. The number of unbranched alkanes of at least 4 members (excludes halogenated alkanes) is 2. The smallest absolute Gasteiger partial charge is 0.269 e. The predicted octanol–water partition coefficient (Wildman–Crippen LogP) is 8.06. The lowest BCUT2D eigenvalue weighted by Crippen LogP contribution is -2.70. The number of hydrogen-bond acceptors (Lipinski definition) is 14. The maximum Gasteiger partial charge on any atom is 0.269 e. The number of nitro benzene ring substituents is 1. The number of hydrogen-bond donors (Lipinski definition) is 3. The van der Waals surface area contributed by atoms with Crippen molar-refractivity contribution in [3.8, 4) is 23.3 Å². The molecule has 1 heterocycles. The Kier molecular flexibility index (Phi) is 17.4. The van der Waals surface area contributed by atoms with Gasteiger partial charge in [0, 0.05) is 60.9 Å². The second kappa shape index (κ2) is 24.0. The van der Waals surface area contributed by atoms with E-state index in [-0.39, 0.29) is 82.7 Å². The number of rotatable bonds is 25. The number of oxime groups is 1. The summed E-state index contributed by atoms with van der Waals surface area (Å²) in [5.41, 5.74) is 3.83. The zero-order valence-corrected chi connectivity index (χ0v) is 38.4. The van der Waals surface area contributed by atoms with E-state index >= 15 is 4.79 Å². The number of amides is 1. The summed E-state index contributed by atoms with van der Waals surface area (Å²) in [5, 5.41) is 55.5. The Balaban J connectivity index is 1.45. The minimum Gasteiger partial charge on any atom is -0.459 e. The number of benzene rings is 4. The van der Waals surface area contributed by atoms with E-state index in [4.69, 9.17) is 28.9 Å². The number of aliphatic hydroxyl groups excluding tert-OH is 3. The summed E-state index contributed by atoms with van der Waals surface area (Å²) in [7, 11) is 0. The molecule has 16 nitrogen and oxygen atoms in total. The second-order valence-corrected chi connectivity index (χ2v) is 17.3. The molecule has 69 heavy (non-hydrogen) atoms. The molecule has 4 aromatic carbocycles. The molecule has 362 valence electrons. The van der Waals surface area contributed by atoms with Crippen molar-refractivity contribution in [2.75, 3.05) is 46.2 Å². The second-order valence-electron chi connectivity index (χ2n) is 17.3. The number of carbonyl (C=O) groups excluding carboxylic acids is 2. The molecule has 1 saturated carbocycles. The van der Waals surface area contributed by atoms with E-state index in [0.29, 0.717) is 77.3 Å². The molecule has 0 aromatic heterocycles. The molecule has 0 saturated heterocycles. The van der Waals surface area contributed by atoms with E-state index in [9.17, 15) is 35.5 Å². The van der Waals surface area contributed by atoms with Gasteiger partial charge in [-0.3, -0.25) is 19.7 Å². The zero-order chi connectivity index (χ0) is 48.8. The number of aldehydes is 1. The fourth-order valence-electron chi connectivity index (χ4n) is 9.98. The normalized spacial score (nSPS) is 21.7. The fourth-order valence-corrected chi connectivity index (χ4v) is 9.98. The van der Waals surface area contributed by atoms with Crippen LogP contribution >= 0.6 is 0 Å². The van der Waals surface area contributed by atoms with Crippen LogP contribution in [0, 0.1) is 39.2 Å². The van der Waals surface area contributed by atoms with Crippen LogP contribution in [0.4, 0.5) is 5.69 Å². The molecule has 6 unspecified atom stereocenters. The van der Waals surface area contributed by atoms with Gasteiger partial charge in [0.1, 0.15) is 36.2 Å². The number of aliphatic hydroxyl groups is 3. The third-order valence-corrected chi connectivity index (χ3v) is 13.0. The quantitative estimate of drug-likeness (QED) is 0.0188. The maximum atomic E-state index is 15.2. The maximum absolute atomic E-state index is 15.2. The molecule has 3 N–H and O–H groups in total. The van der Waals surface area contributed by atoms with E-state index in [0.717, 1.165) is 23.8 Å². The van der Waals surface area contributed by atoms with Crippen LogP contribution in [-0.4, -0.2) is 101 Å². The van der Waals surface area contributed by atoms with E-state index in [1.807, 2.05) is 12.1 Å². The molecule has 1 fully saturated rings. The fraction of sp³-hybridized carbons (Fsp3) is 0.396. The Morgan fingerprint density at radius 1 is 0.957 bits per heavy atom. The molecular formula is C53H58N4O12. The van der Waals surface area contributed by atoms with Gasteiger partial charge in [-0.1, -0.05) is 42.3 Å². The van der Waals surface area contributed by atoms with Crippen LogP contribution in [0.5, 0.6) is 17.2 Å². The van der Waals surface area contributed by atoms with Gasteiger partial charge in [-0.25, -0.2) is 0 Å². The van der Waals surface area contributed by atoms with Crippen molar-refractivity contribution in [1.82, 2.24) is 4.90 Å². The molecule has 1 amide bonds. The Hall–Kier alpha value is -6.74. The van der Waals surface area contributed by atoms with Gasteiger partial charge in [0.2, 0.25) is 5.79 Å². The van der Waals surface area contributed by atoms with E-state index in [2.05, 4.69) is 18.7 Å². The van der Waals surface area contributed by atoms with Crippen molar-refractivity contribution in [1.29, 1.82) is 5.26 Å². The summed E-state index contributed by atoms with van der Waals surface area (Å²) in [6.07, 6.45) is 8.65. The molecule has 6 atom stereocenters. The van der Waals surface area contributed by atoms with Gasteiger partial charge in [-0.2, -0.15) is 5.26 Å². The SMILES string of the molecule is C=CCOC12Oc3ccc(Oc4cccc(C=O)c4)cc3C3C(CCCCO)C(CCCCO)C=C(C(=NOCc4ccc([N+](=O)[O-])cc4)CC1N(CCOCCO)C(=O)c1ccc(C#N)cc1)C32. The standard InChI is InChI=1S/C53H58N4O12/c1-2-26-66-53-49(56(22-27-65-28-25-60)52(62)39-16-12-36(33-54)13-17-39)32-47(55-67-35-37-14-18-41(19-15-37)57(63)64)45-30-40(9-3-5-23-58)44(11-4-6-24-59)50(51(45)53)46-31-43(20-21-48(46)69-53)68-42-10-7-8-38(29-42)34-61/h2,7-8,10,12-21,29-31,34,40,44,49-51,58-60H,1,3-6,9,11,22-28,32,35H2. The Labute approximate surface area is 401 Å². The van der Waals surface area contributed by atoms with Crippen molar-refractivity contribution < 1.29 is 53.6 Å². The van der Waals surface area contributed by atoms with Crippen molar-refractivity contribution in [3.05, 3.63) is 153 Å². The molecule has 2 aliphatic carbocycles. The molecule has 0 radical (unpaired) electrons. The molecule has 3 aliphatic rings. The molecule has 4 aromatic rings. The van der Waals surface area contributed by atoms with E-state index in [1.165, 1.54) is 12.1 Å². The lowest BCUT2D eigenvalue weighted by Gasteiger charge is -2.60. The van der Waals surface area contributed by atoms with Crippen molar-refractivity contribution in [3.63, 3.8) is 0 Å². The highest BCUT2D eigenvalue weighted by atomic mass is 16.7. The first kappa shape index (κ1) is 50.1. The summed E-state index contributed by atoms with van der Waals surface area (Å²) >= 11 is 0. The van der Waals surface area contributed by atoms with Gasteiger partial charge in [0.05, 0.1) is 54.6 Å². The third-order valence-electron chi connectivity index (χ3n) is 13.0. The Morgan fingerprint density at radius 2 is 1.71 bits per heavy atom. The van der Waals surface area contributed by atoms with Crippen LogP contribution in [-0.2, 0) is 20.9 Å². The average Bonchev–Trinajstić information content (AvgIpc) is 3.37. The number of non-ortho nitro benzene ring substituents is 1. The van der Waals surface area contributed by atoms with Gasteiger partial charge in [0.15, 0.2) is 0 Å². The first-order valence-corrected chi connectivity index (χ1v) is 23.3. The minimum atomic E-state index is -1.61. The van der Waals surface area contributed by atoms with Crippen LogP contribution in [0.3, 0.4) is 0 Å². The number of nitrogens with zero attached hydrogens (tertiary/aromatic N) is 4. The highest BCUT2D eigenvalue weighted by Gasteiger charge is 2.65. The van der Waals surface area contributed by atoms with Crippen LogP contribution in [0.15, 0.2) is 120 Å². The lowest BCUT2D eigenvalue weighted by molar-refractivity contribution is -0.384. The zero-order valence-electron chi connectivity index (χ0n) is 38.4. The number of nitro groups is 1. The van der Waals surface area contributed by atoms with Crippen molar-refractivity contribution in [2.45, 2.75) is 69.3 Å². The minimum absolute atomic E-state index is 0.0107. The van der Waals surface area contributed by atoms with E-state index in [1.54, 1.807) is 77.7 Å². The summed E-state index contributed by atoms with van der Waals surface area (Å²) < 4.78 is 26.7. The molecule has 0 bridgehead atoms. The van der Waals surface area contributed by atoms with Gasteiger partial charge in [-0.15, -0.1) is 6.58 Å². The Morgan fingerprint density at radius 3 is 2.41 bits per heavy atom. The van der Waals surface area contributed by atoms with Gasteiger partial charge < -0.3 is 44.0 Å². The number of carbonyl (C=O) groups is 2. The van der Waals surface area contributed by atoms with E-state index < -0.39 is 28.6 Å². The molecule has 0 spiro atoms. The van der Waals surface area contributed by atoms with Gasteiger partial charge in [-0.05, 0) is 115 Å². The van der Waals surface area contributed by atoms with Crippen LogP contribution in [0.2, 0.25) is 0 Å². The number of fused-ring (bicyclic) bond motifs is 2. The highest BCUT2D eigenvalue weighted by Crippen LogP contribution is 2.62. The lowest BCUT2D eigenvalue weighted by atomic mass is 9.55. The van der Waals surface area contributed by atoms with Crippen LogP contribution in [0.1, 0.15) is 88.3 Å². The first-order valence-electron chi connectivity index (χ1n) is 23.3. The van der Waals surface area contributed by atoms with Crippen LogP contribution < -0.4 is 9.47 Å². The Bertz CT molecular complexity index is 2520. The monoisotopic (exact) mass is 942 g/mol. The summed E-state index contributed by atoms with van der Waals surface area (Å²) in [6.45, 7) is 3.91. The number of ether oxygens (including phenoxy) is 4. The molecule has 1 aliphatic heterocycles. The highest BCUT2D eigenvalue weighted by molar-refractivity contribution is 6.03. The largest absolute Gasteiger partial charge is 0.459 e. The molecule has 16 heteroatoms. The van der Waals surface area contributed by atoms with Gasteiger partial charge >= 0.3 is 0 Å². The average molecular weight is 943 g/mol. The van der Waals surface area contributed by atoms with Crippen molar-refractivity contribution >= 4 is 23.6 Å². The first-order chi connectivity index (χ1) is 33.7.